The molecule has 0 heterocycles. The number of rotatable bonds is 1. The van der Waals surface area contributed by atoms with E-state index in [4.69, 9.17) is 0 Å². The Morgan fingerprint density at radius 1 is 0.654 bits per heavy atom. The van der Waals surface area contributed by atoms with E-state index in [1.165, 1.54) is 38.9 Å². The summed E-state index contributed by atoms with van der Waals surface area (Å²) >= 11 is 0. The van der Waals surface area contributed by atoms with Crippen LogP contribution in [-0.2, 0) is 43.1 Å². The van der Waals surface area contributed by atoms with Crippen LogP contribution in [0.1, 0.15) is 80.5 Å². The standard InChI is InChI=1S/C25H34O/c1-24(2,3)21-12-17-7-9-19-14-22(25(4,5)6)15-20(23(19)16-26)10-8-18(11-17)13-21/h11-15,26H,7-10,16H2,1-6H3. The second-order valence-electron chi connectivity index (χ2n) is 9.97. The van der Waals surface area contributed by atoms with E-state index in [1.807, 2.05) is 0 Å². The van der Waals surface area contributed by atoms with Crippen LogP contribution >= 0.6 is 0 Å². The van der Waals surface area contributed by atoms with E-state index in [-0.39, 0.29) is 17.4 Å². The highest BCUT2D eigenvalue weighted by Gasteiger charge is 2.21. The first kappa shape index (κ1) is 19.2. The maximum Gasteiger partial charge on any atom is 0.0687 e. The summed E-state index contributed by atoms with van der Waals surface area (Å²) in [5.74, 6) is 0. The number of hydrogen-bond donors (Lipinski definition) is 1. The van der Waals surface area contributed by atoms with Crippen LogP contribution in [0.5, 0.6) is 0 Å². The molecule has 0 atom stereocenters. The lowest BCUT2D eigenvalue weighted by atomic mass is 9.80. The minimum atomic E-state index is 0.134. The quantitative estimate of drug-likeness (QED) is 0.704. The second kappa shape index (κ2) is 6.85. The van der Waals surface area contributed by atoms with Gasteiger partial charge in [-0.15, -0.1) is 0 Å². The number of fused-ring (bicyclic) bond motifs is 4. The zero-order valence-electron chi connectivity index (χ0n) is 17.4. The molecule has 0 saturated heterocycles. The minimum absolute atomic E-state index is 0.134. The lowest BCUT2D eigenvalue weighted by Gasteiger charge is -2.26. The van der Waals surface area contributed by atoms with Gasteiger partial charge in [-0.2, -0.15) is 0 Å². The Balaban J connectivity index is 2.08. The van der Waals surface area contributed by atoms with E-state index in [9.17, 15) is 5.11 Å². The molecule has 26 heavy (non-hydrogen) atoms. The van der Waals surface area contributed by atoms with Gasteiger partial charge in [-0.05, 0) is 75.5 Å². The Kier molecular flexibility index (Phi) is 5.05. The number of aliphatic hydroxyl groups is 1. The van der Waals surface area contributed by atoms with Crippen LogP contribution in [0.25, 0.3) is 0 Å². The molecular weight excluding hydrogens is 316 g/mol. The van der Waals surface area contributed by atoms with Crippen molar-refractivity contribution in [3.63, 3.8) is 0 Å². The largest absolute Gasteiger partial charge is 0.392 e. The molecule has 0 spiro atoms. The van der Waals surface area contributed by atoms with Crippen molar-refractivity contribution in [2.75, 3.05) is 0 Å². The molecule has 1 nitrogen and oxygen atoms in total. The fourth-order valence-corrected chi connectivity index (χ4v) is 3.92. The minimum Gasteiger partial charge on any atom is -0.392 e. The Bertz CT molecular complexity index is 753. The molecule has 140 valence electrons. The van der Waals surface area contributed by atoms with E-state index in [2.05, 4.69) is 71.9 Å². The van der Waals surface area contributed by atoms with E-state index >= 15 is 0 Å². The van der Waals surface area contributed by atoms with Crippen LogP contribution in [-0.4, -0.2) is 5.11 Å². The molecule has 1 aliphatic carbocycles. The highest BCUT2D eigenvalue weighted by molar-refractivity contribution is 5.44. The number of hydrogen-bond acceptors (Lipinski definition) is 1. The zero-order valence-corrected chi connectivity index (χ0v) is 17.4. The first-order valence-electron chi connectivity index (χ1n) is 9.97. The van der Waals surface area contributed by atoms with Crippen molar-refractivity contribution in [1.29, 1.82) is 0 Å². The second-order valence-corrected chi connectivity index (χ2v) is 9.97. The molecule has 0 radical (unpaired) electrons. The predicted molar refractivity (Wildman–Crippen MR) is 111 cm³/mol. The monoisotopic (exact) mass is 350 g/mol. The Morgan fingerprint density at radius 3 is 1.46 bits per heavy atom. The summed E-state index contributed by atoms with van der Waals surface area (Å²) in [6, 6.07) is 11.8. The van der Waals surface area contributed by atoms with Crippen molar-refractivity contribution in [3.05, 3.63) is 69.3 Å². The van der Waals surface area contributed by atoms with E-state index < -0.39 is 0 Å². The summed E-state index contributed by atoms with van der Waals surface area (Å²) in [6.45, 7) is 13.9. The fraction of sp³-hybridized carbons (Fsp3) is 0.520. The molecule has 0 fully saturated rings. The molecule has 0 aromatic heterocycles. The van der Waals surface area contributed by atoms with Crippen LogP contribution in [0.4, 0.5) is 0 Å². The van der Waals surface area contributed by atoms with Crippen LogP contribution < -0.4 is 0 Å². The van der Waals surface area contributed by atoms with Crippen molar-refractivity contribution in [2.24, 2.45) is 0 Å². The molecule has 1 aliphatic rings. The van der Waals surface area contributed by atoms with Gasteiger partial charge < -0.3 is 5.11 Å². The van der Waals surface area contributed by atoms with Crippen LogP contribution in [0.2, 0.25) is 0 Å². The summed E-state index contributed by atoms with van der Waals surface area (Å²) in [6.07, 6.45) is 4.08. The Labute approximate surface area is 159 Å². The smallest absolute Gasteiger partial charge is 0.0687 e. The Hall–Kier alpha value is -1.60. The zero-order chi connectivity index (χ0) is 19.1. The summed E-state index contributed by atoms with van der Waals surface area (Å²) in [4.78, 5) is 0. The first-order chi connectivity index (χ1) is 12.1. The molecule has 0 unspecified atom stereocenters. The van der Waals surface area contributed by atoms with Gasteiger partial charge in [0.1, 0.15) is 0 Å². The summed E-state index contributed by atoms with van der Waals surface area (Å²) in [5, 5.41) is 10.0. The molecule has 0 aliphatic heterocycles. The highest BCUT2D eigenvalue weighted by atomic mass is 16.3. The van der Waals surface area contributed by atoms with Gasteiger partial charge in [-0.3, -0.25) is 0 Å². The summed E-state index contributed by atoms with van der Waals surface area (Å²) in [7, 11) is 0. The van der Waals surface area contributed by atoms with Crippen LogP contribution in [0, 0.1) is 0 Å². The predicted octanol–water partition coefficient (Wildman–Crippen LogP) is 5.66. The third-order valence-electron chi connectivity index (χ3n) is 5.74. The van der Waals surface area contributed by atoms with Gasteiger partial charge in [0, 0.05) is 0 Å². The number of aryl methyl sites for hydroxylation is 4. The molecule has 0 saturated carbocycles. The van der Waals surface area contributed by atoms with Gasteiger partial charge >= 0.3 is 0 Å². The maximum atomic E-state index is 10.0. The van der Waals surface area contributed by atoms with Crippen molar-refractivity contribution in [1.82, 2.24) is 0 Å². The van der Waals surface area contributed by atoms with Crippen molar-refractivity contribution in [2.45, 2.75) is 84.7 Å². The van der Waals surface area contributed by atoms with E-state index in [1.54, 1.807) is 0 Å². The molecule has 4 bridgehead atoms. The molecule has 1 heteroatoms. The molecule has 0 amide bonds. The molecule has 2 aromatic rings. The van der Waals surface area contributed by atoms with E-state index in [0.29, 0.717) is 0 Å². The fourth-order valence-electron chi connectivity index (χ4n) is 3.92. The molecule has 3 rings (SSSR count). The van der Waals surface area contributed by atoms with Gasteiger partial charge in [0.15, 0.2) is 0 Å². The van der Waals surface area contributed by atoms with Gasteiger partial charge in [-0.25, -0.2) is 0 Å². The maximum absolute atomic E-state index is 10.0. The van der Waals surface area contributed by atoms with Gasteiger partial charge in [-0.1, -0.05) is 71.9 Å². The molecule has 2 aromatic carbocycles. The lowest BCUT2D eigenvalue weighted by molar-refractivity contribution is 0.279. The van der Waals surface area contributed by atoms with E-state index in [0.717, 1.165) is 25.7 Å². The van der Waals surface area contributed by atoms with Crippen LogP contribution in [0.15, 0.2) is 30.3 Å². The summed E-state index contributed by atoms with van der Waals surface area (Å²) < 4.78 is 0. The average Bonchev–Trinajstić information content (AvgIpc) is 2.55. The van der Waals surface area contributed by atoms with Gasteiger partial charge in [0.2, 0.25) is 0 Å². The third-order valence-corrected chi connectivity index (χ3v) is 5.74. The SMILES string of the molecule is CC(C)(C)c1cc2cc(c1)CCc1cc(C(C)(C)C)cc(c1CO)CC2. The van der Waals surface area contributed by atoms with Crippen molar-refractivity contribution >= 4 is 0 Å². The highest BCUT2D eigenvalue weighted by Crippen LogP contribution is 2.31. The normalized spacial score (nSPS) is 15.0. The molecule has 1 N–H and O–H groups in total. The topological polar surface area (TPSA) is 20.2 Å². The van der Waals surface area contributed by atoms with Crippen molar-refractivity contribution in [3.8, 4) is 0 Å². The summed E-state index contributed by atoms with van der Waals surface area (Å²) in [5.41, 5.74) is 9.83. The van der Waals surface area contributed by atoms with Gasteiger partial charge in [0.25, 0.3) is 0 Å². The average molecular weight is 351 g/mol. The number of aliphatic hydroxyl groups excluding tert-OH is 1. The Morgan fingerprint density at radius 2 is 1.08 bits per heavy atom. The first-order valence-corrected chi connectivity index (χ1v) is 9.97. The van der Waals surface area contributed by atoms with Crippen molar-refractivity contribution < 1.29 is 5.11 Å². The molecular formula is C25H34O. The lowest BCUT2D eigenvalue weighted by Crippen LogP contribution is -2.16. The van der Waals surface area contributed by atoms with Crippen LogP contribution in [0.3, 0.4) is 0 Å². The third kappa shape index (κ3) is 4.04. The van der Waals surface area contributed by atoms with Gasteiger partial charge in [0.05, 0.1) is 6.61 Å². The number of benzene rings is 2.